The maximum absolute atomic E-state index is 13.3. The molecule has 0 spiro atoms. The van der Waals surface area contributed by atoms with Crippen molar-refractivity contribution in [3.8, 4) is 28.0 Å². The molecule has 2 aromatic heterocycles. The summed E-state index contributed by atoms with van der Waals surface area (Å²) in [6, 6.07) is 14.8. The molecule has 0 saturated heterocycles. The molecule has 0 saturated carbocycles. The van der Waals surface area contributed by atoms with E-state index in [2.05, 4.69) is 0 Å². The Hall–Kier alpha value is -3.54. The van der Waals surface area contributed by atoms with Gasteiger partial charge in [0.2, 0.25) is 10.9 Å². The fourth-order valence-electron chi connectivity index (χ4n) is 3.61. The summed E-state index contributed by atoms with van der Waals surface area (Å²) in [5.74, 6) is -0.362. The number of phenols is 1. The van der Waals surface area contributed by atoms with E-state index in [1.807, 2.05) is 0 Å². The summed E-state index contributed by atoms with van der Waals surface area (Å²) in [5, 5.41) is 11.2. The number of benzene rings is 3. The molecule has 5 nitrogen and oxygen atoms in total. The van der Waals surface area contributed by atoms with E-state index in [0.29, 0.717) is 21.2 Å². The van der Waals surface area contributed by atoms with E-state index in [4.69, 9.17) is 32.0 Å². The molecule has 0 aliphatic heterocycles. The van der Waals surface area contributed by atoms with Gasteiger partial charge in [-0.25, -0.2) is 0 Å². The molecule has 7 heteroatoms. The third-order valence-corrected chi connectivity index (χ3v) is 5.75. The predicted octanol–water partition coefficient (Wildman–Crippen LogP) is 6.25. The Balaban J connectivity index is 1.88. The van der Waals surface area contributed by atoms with Crippen LogP contribution in [0.2, 0.25) is 10.0 Å². The molecule has 5 aromatic rings. The van der Waals surface area contributed by atoms with Crippen LogP contribution in [0.15, 0.2) is 85.5 Å². The minimum absolute atomic E-state index is 0.0352. The van der Waals surface area contributed by atoms with Crippen LogP contribution in [0.1, 0.15) is 0 Å². The molecule has 0 radical (unpaired) electrons. The molecule has 0 aliphatic rings. The van der Waals surface area contributed by atoms with Gasteiger partial charge in [0.05, 0.1) is 11.1 Å². The number of fused-ring (bicyclic) bond motifs is 3. The van der Waals surface area contributed by atoms with E-state index in [-0.39, 0.29) is 38.8 Å². The first kappa shape index (κ1) is 19.4. The molecule has 0 bridgehead atoms. The molecule has 0 amide bonds. The molecule has 0 fully saturated rings. The van der Waals surface area contributed by atoms with Gasteiger partial charge >= 0.3 is 0 Å². The van der Waals surface area contributed by atoms with Crippen LogP contribution in [0.5, 0.6) is 5.75 Å². The summed E-state index contributed by atoms with van der Waals surface area (Å²) in [6.45, 7) is 0. The van der Waals surface area contributed by atoms with Crippen LogP contribution in [0.4, 0.5) is 0 Å². The summed E-state index contributed by atoms with van der Waals surface area (Å²) < 4.78 is 11.3. The van der Waals surface area contributed by atoms with Gasteiger partial charge in [0.1, 0.15) is 34.6 Å². The highest BCUT2D eigenvalue weighted by molar-refractivity contribution is 6.33. The Bertz CT molecular complexity index is 1620. The van der Waals surface area contributed by atoms with Crippen LogP contribution < -0.4 is 10.9 Å². The minimum Gasteiger partial charge on any atom is -0.507 e. The lowest BCUT2D eigenvalue weighted by Gasteiger charge is -2.09. The van der Waals surface area contributed by atoms with Gasteiger partial charge in [-0.2, -0.15) is 0 Å². The van der Waals surface area contributed by atoms with Crippen LogP contribution >= 0.6 is 23.2 Å². The van der Waals surface area contributed by atoms with Crippen LogP contribution in [0.25, 0.3) is 44.2 Å². The Morgan fingerprint density at radius 2 is 1.19 bits per heavy atom. The maximum Gasteiger partial charge on any atom is 0.204 e. The highest BCUT2D eigenvalue weighted by Gasteiger charge is 2.21. The number of hydrogen-bond donors (Lipinski definition) is 1. The number of hydrogen-bond acceptors (Lipinski definition) is 5. The average Bonchev–Trinajstić information content (AvgIpc) is 2.75. The van der Waals surface area contributed by atoms with Gasteiger partial charge < -0.3 is 13.9 Å². The average molecular weight is 451 g/mol. The van der Waals surface area contributed by atoms with Gasteiger partial charge in [0, 0.05) is 27.2 Å². The Labute approximate surface area is 184 Å². The van der Waals surface area contributed by atoms with E-state index in [0.717, 1.165) is 0 Å². The topological polar surface area (TPSA) is 80.7 Å². The summed E-state index contributed by atoms with van der Waals surface area (Å²) in [7, 11) is 0. The molecule has 152 valence electrons. The highest BCUT2D eigenvalue weighted by atomic mass is 35.5. The minimum atomic E-state index is -0.517. The zero-order valence-electron chi connectivity index (χ0n) is 15.7. The SMILES string of the molecule is O=c1c(-c2ccccc2Cl)coc2c1c(O)cc1occ(-c3ccccc3Cl)c(=O)c12. The van der Waals surface area contributed by atoms with Gasteiger partial charge in [-0.3, -0.25) is 9.59 Å². The fraction of sp³-hybridized carbons (Fsp3) is 0. The number of aromatic hydroxyl groups is 1. The molecule has 31 heavy (non-hydrogen) atoms. The Kier molecular flexibility index (Phi) is 4.58. The van der Waals surface area contributed by atoms with Crippen molar-refractivity contribution in [3.63, 3.8) is 0 Å². The summed E-state index contributed by atoms with van der Waals surface area (Å²) in [5.41, 5.74) is 0.372. The smallest absolute Gasteiger partial charge is 0.204 e. The van der Waals surface area contributed by atoms with E-state index >= 15 is 0 Å². The summed E-state index contributed by atoms with van der Waals surface area (Å²) >= 11 is 12.5. The molecule has 0 unspecified atom stereocenters. The number of halogens is 2. The monoisotopic (exact) mass is 450 g/mol. The van der Waals surface area contributed by atoms with E-state index < -0.39 is 10.9 Å². The quantitative estimate of drug-likeness (QED) is 0.321. The van der Waals surface area contributed by atoms with Crippen molar-refractivity contribution in [1.29, 1.82) is 0 Å². The molecule has 3 aromatic carbocycles. The normalized spacial score (nSPS) is 11.3. The highest BCUT2D eigenvalue weighted by Crippen LogP contribution is 2.34. The molecule has 2 heterocycles. The largest absolute Gasteiger partial charge is 0.507 e. The molecular formula is C24H12Cl2O5. The Morgan fingerprint density at radius 3 is 1.77 bits per heavy atom. The first-order chi connectivity index (χ1) is 15.0. The lowest BCUT2D eigenvalue weighted by molar-refractivity contribution is 0.478. The zero-order valence-corrected chi connectivity index (χ0v) is 17.2. The lowest BCUT2D eigenvalue weighted by atomic mass is 10.0. The van der Waals surface area contributed by atoms with Crippen LogP contribution in [0, 0.1) is 0 Å². The third kappa shape index (κ3) is 3.02. The first-order valence-corrected chi connectivity index (χ1v) is 9.95. The predicted molar refractivity (Wildman–Crippen MR) is 121 cm³/mol. The second kappa shape index (κ2) is 7.30. The van der Waals surface area contributed by atoms with E-state index in [1.165, 1.54) is 18.6 Å². The third-order valence-electron chi connectivity index (χ3n) is 5.09. The van der Waals surface area contributed by atoms with Crippen molar-refractivity contribution >= 4 is 45.1 Å². The van der Waals surface area contributed by atoms with Crippen molar-refractivity contribution < 1.29 is 13.9 Å². The van der Waals surface area contributed by atoms with Crippen molar-refractivity contribution in [1.82, 2.24) is 0 Å². The van der Waals surface area contributed by atoms with Crippen molar-refractivity contribution in [2.24, 2.45) is 0 Å². The maximum atomic E-state index is 13.3. The van der Waals surface area contributed by atoms with Gasteiger partial charge in [-0.05, 0) is 12.1 Å². The van der Waals surface area contributed by atoms with Gasteiger partial charge in [0.25, 0.3) is 0 Å². The van der Waals surface area contributed by atoms with Crippen molar-refractivity contribution in [3.05, 3.63) is 97.6 Å². The standard InChI is InChI=1S/C24H12Cl2O5/c25-16-7-3-1-5-12(16)14-10-30-19-9-18(27)20-22(28)15(13-6-2-4-8-17(13)26)11-31-24(20)21(19)23(14)29/h1-11,27H. The van der Waals surface area contributed by atoms with Gasteiger partial charge in [0.15, 0.2) is 5.58 Å². The van der Waals surface area contributed by atoms with Crippen molar-refractivity contribution in [2.45, 2.75) is 0 Å². The van der Waals surface area contributed by atoms with Gasteiger partial charge in [-0.15, -0.1) is 0 Å². The van der Waals surface area contributed by atoms with Crippen LogP contribution in [-0.2, 0) is 0 Å². The fourth-order valence-corrected chi connectivity index (χ4v) is 4.09. The number of phenolic OH excluding ortho intramolecular Hbond substituents is 1. The van der Waals surface area contributed by atoms with Gasteiger partial charge in [-0.1, -0.05) is 59.6 Å². The molecule has 0 atom stereocenters. The zero-order chi connectivity index (χ0) is 21.7. The van der Waals surface area contributed by atoms with Crippen LogP contribution in [-0.4, -0.2) is 5.11 Å². The number of rotatable bonds is 2. The van der Waals surface area contributed by atoms with E-state index in [1.54, 1.807) is 48.5 Å². The lowest BCUT2D eigenvalue weighted by Crippen LogP contribution is -2.10. The van der Waals surface area contributed by atoms with Crippen LogP contribution in [0.3, 0.4) is 0 Å². The summed E-state index contributed by atoms with van der Waals surface area (Å²) in [4.78, 5) is 26.6. The molecular weight excluding hydrogens is 439 g/mol. The first-order valence-electron chi connectivity index (χ1n) is 9.20. The summed E-state index contributed by atoms with van der Waals surface area (Å²) in [6.07, 6.45) is 2.50. The molecule has 0 aliphatic carbocycles. The van der Waals surface area contributed by atoms with Crippen molar-refractivity contribution in [2.75, 3.05) is 0 Å². The molecule has 5 rings (SSSR count). The molecule has 1 N–H and O–H groups in total. The Morgan fingerprint density at radius 1 is 0.677 bits per heavy atom. The second-order valence-corrected chi connectivity index (χ2v) is 7.70. The second-order valence-electron chi connectivity index (χ2n) is 6.89. The van der Waals surface area contributed by atoms with E-state index in [9.17, 15) is 14.7 Å².